The van der Waals surface area contributed by atoms with Gasteiger partial charge < -0.3 is 9.46 Å². The molecule has 0 atom stereocenters. The number of fused-ring (bicyclic) bond motifs is 1. The largest absolute Gasteiger partial charge is 0.455 e. The molecule has 0 aromatic heterocycles. The molecule has 0 fully saturated rings. The topological polar surface area (TPSA) is 38.3 Å². The zero-order valence-electron chi connectivity index (χ0n) is 10.1. The average molecular weight is 249 g/mol. The fraction of sp³-hybridized carbons (Fsp3) is 0.308. The number of ether oxygens (including phenoxy) is 1. The molecule has 2 rings (SSSR count). The van der Waals surface area contributed by atoms with Crippen molar-refractivity contribution in [1.29, 1.82) is 0 Å². The van der Waals surface area contributed by atoms with Crippen LogP contribution in [0.3, 0.4) is 0 Å². The summed E-state index contributed by atoms with van der Waals surface area (Å²) in [5.41, 5.74) is 1.06. The normalized spacial score (nSPS) is 14.4. The first-order valence-electron chi connectivity index (χ1n) is 5.43. The van der Waals surface area contributed by atoms with E-state index in [4.69, 9.17) is 4.74 Å². The van der Waals surface area contributed by atoms with E-state index in [-0.39, 0.29) is 5.97 Å². The van der Waals surface area contributed by atoms with Crippen LogP contribution in [-0.4, -0.2) is 11.6 Å². The molecule has 0 bridgehead atoms. The van der Waals surface area contributed by atoms with Gasteiger partial charge in [0.1, 0.15) is 11.3 Å². The SMILES string of the molecule is CC(C)(C)OC(=O)C1=Cc2ccccc2SN1. The zero-order valence-corrected chi connectivity index (χ0v) is 10.9. The highest BCUT2D eigenvalue weighted by Gasteiger charge is 2.22. The lowest BCUT2D eigenvalue weighted by Crippen LogP contribution is -2.28. The van der Waals surface area contributed by atoms with Crippen LogP contribution in [0.5, 0.6) is 0 Å². The number of hydrogen-bond acceptors (Lipinski definition) is 4. The van der Waals surface area contributed by atoms with E-state index in [1.807, 2.05) is 51.1 Å². The molecule has 1 aromatic rings. The summed E-state index contributed by atoms with van der Waals surface area (Å²) in [4.78, 5) is 13.0. The predicted octanol–water partition coefficient (Wildman–Crippen LogP) is 2.98. The summed E-state index contributed by atoms with van der Waals surface area (Å²) < 4.78 is 8.31. The van der Waals surface area contributed by atoms with E-state index in [0.29, 0.717) is 5.70 Å². The number of nitrogens with one attached hydrogen (secondary N) is 1. The Morgan fingerprint density at radius 1 is 1.29 bits per heavy atom. The standard InChI is InChI=1S/C13H15NO2S/c1-13(2,3)16-12(15)10-8-9-6-4-5-7-11(9)17-14-10/h4-8,14H,1-3H3. The van der Waals surface area contributed by atoms with Crippen molar-refractivity contribution >= 4 is 24.0 Å². The zero-order chi connectivity index (χ0) is 12.5. The number of rotatable bonds is 1. The molecule has 1 aliphatic heterocycles. The number of benzene rings is 1. The Balaban J connectivity index is 2.20. The molecule has 0 unspecified atom stereocenters. The molecule has 0 saturated heterocycles. The monoisotopic (exact) mass is 249 g/mol. The Morgan fingerprint density at radius 2 is 2.00 bits per heavy atom. The van der Waals surface area contributed by atoms with Crippen LogP contribution in [0, 0.1) is 0 Å². The van der Waals surface area contributed by atoms with Crippen molar-refractivity contribution in [3.05, 3.63) is 35.5 Å². The molecule has 17 heavy (non-hydrogen) atoms. The molecule has 1 aliphatic rings. The van der Waals surface area contributed by atoms with Crippen LogP contribution >= 0.6 is 11.9 Å². The number of carbonyl (C=O) groups excluding carboxylic acids is 1. The molecule has 0 spiro atoms. The lowest BCUT2D eigenvalue weighted by molar-refractivity contribution is -0.150. The van der Waals surface area contributed by atoms with E-state index in [1.165, 1.54) is 11.9 Å². The van der Waals surface area contributed by atoms with Gasteiger partial charge in [0.2, 0.25) is 0 Å². The smallest absolute Gasteiger partial charge is 0.355 e. The van der Waals surface area contributed by atoms with E-state index in [0.717, 1.165) is 10.5 Å². The summed E-state index contributed by atoms with van der Waals surface area (Å²) in [6.07, 6.45) is 1.82. The minimum Gasteiger partial charge on any atom is -0.455 e. The molecule has 3 nitrogen and oxygen atoms in total. The fourth-order valence-corrected chi connectivity index (χ4v) is 2.17. The van der Waals surface area contributed by atoms with Gasteiger partial charge in [0.15, 0.2) is 0 Å². The molecular weight excluding hydrogens is 234 g/mol. The average Bonchev–Trinajstić information content (AvgIpc) is 2.26. The van der Waals surface area contributed by atoms with Crippen molar-refractivity contribution < 1.29 is 9.53 Å². The first-order chi connectivity index (χ1) is 7.96. The lowest BCUT2D eigenvalue weighted by Gasteiger charge is -2.22. The van der Waals surface area contributed by atoms with Crippen LogP contribution in [0.4, 0.5) is 0 Å². The molecule has 1 heterocycles. The number of esters is 1. The molecule has 90 valence electrons. The van der Waals surface area contributed by atoms with E-state index in [2.05, 4.69) is 4.72 Å². The highest BCUT2D eigenvalue weighted by Crippen LogP contribution is 2.28. The fourth-order valence-electron chi connectivity index (χ4n) is 1.42. The summed E-state index contributed by atoms with van der Waals surface area (Å²) in [7, 11) is 0. The summed E-state index contributed by atoms with van der Waals surface area (Å²) in [6, 6.07) is 7.91. The highest BCUT2D eigenvalue weighted by atomic mass is 32.2. The van der Waals surface area contributed by atoms with Crippen LogP contribution in [0.1, 0.15) is 26.3 Å². The van der Waals surface area contributed by atoms with Gasteiger partial charge in [-0.1, -0.05) is 18.2 Å². The van der Waals surface area contributed by atoms with Gasteiger partial charge in [0.25, 0.3) is 0 Å². The summed E-state index contributed by atoms with van der Waals surface area (Å²) >= 11 is 1.43. The molecule has 4 heteroatoms. The Hall–Kier alpha value is -1.42. The molecule has 1 N–H and O–H groups in total. The minimum absolute atomic E-state index is 0.320. The van der Waals surface area contributed by atoms with Gasteiger partial charge in [-0.25, -0.2) is 4.79 Å². The summed E-state index contributed by atoms with van der Waals surface area (Å²) in [5, 5.41) is 0. The molecule has 0 radical (unpaired) electrons. The van der Waals surface area contributed by atoms with Gasteiger partial charge >= 0.3 is 5.97 Å². The molecular formula is C13H15NO2S. The first-order valence-corrected chi connectivity index (χ1v) is 6.24. The number of carbonyl (C=O) groups is 1. The predicted molar refractivity (Wildman–Crippen MR) is 69.3 cm³/mol. The second-order valence-electron chi connectivity index (χ2n) is 4.80. The van der Waals surface area contributed by atoms with E-state index in [9.17, 15) is 4.79 Å². The number of hydrogen-bond donors (Lipinski definition) is 1. The second-order valence-corrected chi connectivity index (χ2v) is 5.65. The maximum Gasteiger partial charge on any atom is 0.355 e. The van der Waals surface area contributed by atoms with E-state index < -0.39 is 5.60 Å². The second kappa shape index (κ2) is 4.45. The Labute approximate surface area is 105 Å². The van der Waals surface area contributed by atoms with Crippen LogP contribution in [0.25, 0.3) is 6.08 Å². The maximum atomic E-state index is 11.9. The highest BCUT2D eigenvalue weighted by molar-refractivity contribution is 7.97. The van der Waals surface area contributed by atoms with Gasteiger partial charge in [-0.05, 0) is 50.4 Å². The third kappa shape index (κ3) is 3.03. The van der Waals surface area contributed by atoms with Crippen LogP contribution < -0.4 is 4.72 Å². The van der Waals surface area contributed by atoms with Gasteiger partial charge in [0.05, 0.1) is 0 Å². The Morgan fingerprint density at radius 3 is 2.71 bits per heavy atom. The summed E-state index contributed by atoms with van der Waals surface area (Å²) in [5.74, 6) is -0.320. The van der Waals surface area contributed by atoms with E-state index in [1.54, 1.807) is 0 Å². The van der Waals surface area contributed by atoms with Crippen molar-refractivity contribution in [3.63, 3.8) is 0 Å². The van der Waals surface area contributed by atoms with Crippen LogP contribution in [0.2, 0.25) is 0 Å². The third-order valence-electron chi connectivity index (χ3n) is 2.11. The quantitative estimate of drug-likeness (QED) is 0.613. The van der Waals surface area contributed by atoms with Crippen molar-refractivity contribution in [2.24, 2.45) is 0 Å². The maximum absolute atomic E-state index is 11.9. The molecule has 1 aromatic carbocycles. The molecule has 0 amide bonds. The Bertz CT molecular complexity index is 475. The van der Waals surface area contributed by atoms with Crippen molar-refractivity contribution in [2.45, 2.75) is 31.3 Å². The van der Waals surface area contributed by atoms with Crippen molar-refractivity contribution in [1.82, 2.24) is 4.72 Å². The minimum atomic E-state index is -0.471. The van der Waals surface area contributed by atoms with Crippen LogP contribution in [-0.2, 0) is 9.53 Å². The lowest BCUT2D eigenvalue weighted by atomic mass is 10.1. The van der Waals surface area contributed by atoms with Gasteiger partial charge in [-0.3, -0.25) is 0 Å². The third-order valence-corrected chi connectivity index (χ3v) is 3.02. The van der Waals surface area contributed by atoms with Gasteiger partial charge in [-0.2, -0.15) is 0 Å². The van der Waals surface area contributed by atoms with Crippen LogP contribution in [0.15, 0.2) is 34.9 Å². The Kier molecular flexibility index (Phi) is 3.15. The van der Waals surface area contributed by atoms with Gasteiger partial charge in [-0.15, -0.1) is 0 Å². The first kappa shape index (κ1) is 12.0. The van der Waals surface area contributed by atoms with Gasteiger partial charge in [0, 0.05) is 4.90 Å². The van der Waals surface area contributed by atoms with Crippen molar-refractivity contribution in [2.75, 3.05) is 0 Å². The summed E-state index contributed by atoms with van der Waals surface area (Å²) in [6.45, 7) is 5.57. The molecule has 0 aliphatic carbocycles. The molecule has 0 saturated carbocycles. The van der Waals surface area contributed by atoms with Crippen molar-refractivity contribution in [3.8, 4) is 0 Å². The van der Waals surface area contributed by atoms with E-state index >= 15 is 0 Å².